The number of rotatable bonds is 7. The monoisotopic (exact) mass is 432 g/mol. The lowest BCUT2D eigenvalue weighted by Crippen LogP contribution is -2.30. The molecule has 8 heteroatoms. The summed E-state index contributed by atoms with van der Waals surface area (Å²) >= 11 is 4.58. The third-order valence-electron chi connectivity index (χ3n) is 3.44. The van der Waals surface area contributed by atoms with E-state index >= 15 is 0 Å². The standard InChI is InChI=1S/C16H18BrFN2O2S2/c1-3-20(4-2)24(21,22)14-7-8-16(19-10-14)23-11-12-5-6-13(17)9-15(12)18/h5-10H,3-4,11H2,1-2H3. The SMILES string of the molecule is CCN(CC)S(=O)(=O)c1ccc(SCc2ccc(Br)cc2F)nc1. The summed E-state index contributed by atoms with van der Waals surface area (Å²) in [4.78, 5) is 4.36. The largest absolute Gasteiger partial charge is 0.249 e. The van der Waals surface area contributed by atoms with E-state index in [1.807, 2.05) is 0 Å². The first-order valence-corrected chi connectivity index (χ1v) is 10.6. The molecule has 1 aromatic heterocycles. The van der Waals surface area contributed by atoms with Gasteiger partial charge in [0.05, 0.1) is 5.03 Å². The van der Waals surface area contributed by atoms with Crippen LogP contribution in [0.5, 0.6) is 0 Å². The molecule has 0 saturated heterocycles. The highest BCUT2D eigenvalue weighted by Crippen LogP contribution is 2.25. The van der Waals surface area contributed by atoms with E-state index in [1.165, 1.54) is 28.3 Å². The molecule has 1 heterocycles. The van der Waals surface area contributed by atoms with Crippen molar-refractivity contribution < 1.29 is 12.8 Å². The van der Waals surface area contributed by atoms with Crippen molar-refractivity contribution >= 4 is 37.7 Å². The number of hydrogen-bond acceptors (Lipinski definition) is 4. The normalized spacial score (nSPS) is 11.9. The molecule has 2 aromatic rings. The second-order valence-electron chi connectivity index (χ2n) is 4.95. The molecule has 1 aromatic carbocycles. The molecule has 130 valence electrons. The van der Waals surface area contributed by atoms with Crippen LogP contribution in [-0.4, -0.2) is 30.8 Å². The Labute approximate surface area is 154 Å². The second kappa shape index (κ2) is 8.42. The van der Waals surface area contributed by atoms with Gasteiger partial charge in [0.1, 0.15) is 10.7 Å². The molecule has 0 aliphatic heterocycles. The van der Waals surface area contributed by atoms with Crippen molar-refractivity contribution in [1.82, 2.24) is 9.29 Å². The molecule has 24 heavy (non-hydrogen) atoms. The summed E-state index contributed by atoms with van der Waals surface area (Å²) in [5, 5.41) is 0.649. The summed E-state index contributed by atoms with van der Waals surface area (Å²) in [6.07, 6.45) is 1.36. The maximum absolute atomic E-state index is 13.8. The number of hydrogen-bond donors (Lipinski definition) is 0. The van der Waals surface area contributed by atoms with Crippen molar-refractivity contribution in [3.8, 4) is 0 Å². The average molecular weight is 433 g/mol. The number of pyridine rings is 1. The van der Waals surface area contributed by atoms with Gasteiger partial charge >= 0.3 is 0 Å². The van der Waals surface area contributed by atoms with Crippen LogP contribution in [0.1, 0.15) is 19.4 Å². The molecule has 0 fully saturated rings. The van der Waals surface area contributed by atoms with Gasteiger partial charge < -0.3 is 0 Å². The van der Waals surface area contributed by atoms with Crippen LogP contribution >= 0.6 is 27.7 Å². The van der Waals surface area contributed by atoms with Crippen LogP contribution in [0, 0.1) is 5.82 Å². The van der Waals surface area contributed by atoms with Crippen molar-refractivity contribution in [2.75, 3.05) is 13.1 Å². The lowest BCUT2D eigenvalue weighted by molar-refractivity contribution is 0.445. The molecule has 0 unspecified atom stereocenters. The molecule has 0 aliphatic carbocycles. The summed E-state index contributed by atoms with van der Waals surface area (Å²) in [5.41, 5.74) is 0.574. The number of thioether (sulfide) groups is 1. The highest BCUT2D eigenvalue weighted by molar-refractivity contribution is 9.10. The Balaban J connectivity index is 2.09. The van der Waals surface area contributed by atoms with Gasteiger partial charge in [0, 0.05) is 29.5 Å². The van der Waals surface area contributed by atoms with Crippen molar-refractivity contribution in [3.05, 3.63) is 52.4 Å². The predicted molar refractivity (Wildman–Crippen MR) is 98.0 cm³/mol. The lowest BCUT2D eigenvalue weighted by Gasteiger charge is -2.18. The van der Waals surface area contributed by atoms with E-state index in [2.05, 4.69) is 20.9 Å². The molecule has 0 amide bonds. The zero-order chi connectivity index (χ0) is 17.7. The second-order valence-corrected chi connectivity index (χ2v) is 8.80. The fraction of sp³-hybridized carbons (Fsp3) is 0.312. The van der Waals surface area contributed by atoms with Crippen LogP contribution in [-0.2, 0) is 15.8 Å². The van der Waals surface area contributed by atoms with E-state index < -0.39 is 10.0 Å². The number of halogens is 2. The van der Waals surface area contributed by atoms with Crippen LogP contribution in [0.25, 0.3) is 0 Å². The number of sulfonamides is 1. The summed E-state index contributed by atoms with van der Waals surface area (Å²) in [5.74, 6) is 0.145. The fourth-order valence-corrected chi connectivity index (χ4v) is 4.67. The first kappa shape index (κ1) is 19.4. The Morgan fingerprint density at radius 2 is 1.92 bits per heavy atom. The fourth-order valence-electron chi connectivity index (χ4n) is 2.11. The van der Waals surface area contributed by atoms with Crippen LogP contribution in [0.4, 0.5) is 4.39 Å². The summed E-state index contributed by atoms with van der Waals surface area (Å²) in [7, 11) is -3.50. The molecule has 0 bridgehead atoms. The van der Waals surface area contributed by atoms with Crippen LogP contribution in [0.2, 0.25) is 0 Å². The molecule has 2 rings (SSSR count). The van der Waals surface area contributed by atoms with Crippen molar-refractivity contribution in [2.45, 2.75) is 29.5 Å². The maximum Gasteiger partial charge on any atom is 0.244 e. The van der Waals surface area contributed by atoms with Gasteiger partial charge in [-0.15, -0.1) is 11.8 Å². The number of benzene rings is 1. The number of nitrogens with zero attached hydrogens (tertiary/aromatic N) is 2. The van der Waals surface area contributed by atoms with Gasteiger partial charge in [-0.05, 0) is 29.8 Å². The van der Waals surface area contributed by atoms with Gasteiger partial charge in [-0.2, -0.15) is 4.31 Å². The Morgan fingerprint density at radius 1 is 1.21 bits per heavy atom. The third kappa shape index (κ3) is 4.56. The van der Waals surface area contributed by atoms with E-state index in [0.29, 0.717) is 33.9 Å². The molecule has 0 N–H and O–H groups in total. The van der Waals surface area contributed by atoms with E-state index in [4.69, 9.17) is 0 Å². The molecule has 0 spiro atoms. The maximum atomic E-state index is 13.8. The van der Waals surface area contributed by atoms with Gasteiger partial charge in [-0.3, -0.25) is 0 Å². The highest BCUT2D eigenvalue weighted by atomic mass is 79.9. The zero-order valence-corrected chi connectivity index (χ0v) is 16.6. The molecular weight excluding hydrogens is 415 g/mol. The molecule has 0 saturated carbocycles. The quantitative estimate of drug-likeness (QED) is 0.611. The summed E-state index contributed by atoms with van der Waals surface area (Å²) in [6.45, 7) is 4.42. The minimum absolute atomic E-state index is 0.172. The van der Waals surface area contributed by atoms with E-state index in [9.17, 15) is 12.8 Å². The minimum atomic E-state index is -3.50. The molecule has 0 aliphatic rings. The van der Waals surface area contributed by atoms with Gasteiger partial charge in [0.25, 0.3) is 0 Å². The van der Waals surface area contributed by atoms with Crippen LogP contribution in [0.3, 0.4) is 0 Å². The molecule has 4 nitrogen and oxygen atoms in total. The summed E-state index contributed by atoms with van der Waals surface area (Å²) in [6, 6.07) is 8.11. The summed E-state index contributed by atoms with van der Waals surface area (Å²) < 4.78 is 40.6. The van der Waals surface area contributed by atoms with Gasteiger partial charge in [0.2, 0.25) is 10.0 Å². The first-order valence-electron chi connectivity index (χ1n) is 7.41. The Kier molecular flexibility index (Phi) is 6.79. The molecule has 0 atom stereocenters. The Bertz CT molecular complexity index is 794. The average Bonchev–Trinajstić information content (AvgIpc) is 2.55. The van der Waals surface area contributed by atoms with E-state index in [0.717, 1.165) is 0 Å². The van der Waals surface area contributed by atoms with Crippen LogP contribution in [0.15, 0.2) is 50.9 Å². The van der Waals surface area contributed by atoms with Gasteiger partial charge in [-0.25, -0.2) is 17.8 Å². The van der Waals surface area contributed by atoms with E-state index in [1.54, 1.807) is 38.1 Å². The lowest BCUT2D eigenvalue weighted by atomic mass is 10.2. The van der Waals surface area contributed by atoms with Crippen molar-refractivity contribution in [2.24, 2.45) is 0 Å². The number of aromatic nitrogens is 1. The van der Waals surface area contributed by atoms with Gasteiger partial charge in [0.15, 0.2) is 0 Å². The third-order valence-corrected chi connectivity index (χ3v) is 6.96. The Hall–Kier alpha value is -0.960. The predicted octanol–water partition coefficient (Wildman–Crippen LogP) is 4.31. The topological polar surface area (TPSA) is 50.3 Å². The van der Waals surface area contributed by atoms with Crippen LogP contribution < -0.4 is 0 Å². The van der Waals surface area contributed by atoms with E-state index in [-0.39, 0.29) is 10.7 Å². The molecular formula is C16H18BrFN2O2S2. The smallest absolute Gasteiger partial charge is 0.244 e. The highest BCUT2D eigenvalue weighted by Gasteiger charge is 2.21. The van der Waals surface area contributed by atoms with Gasteiger partial charge in [-0.1, -0.05) is 35.8 Å². The zero-order valence-electron chi connectivity index (χ0n) is 13.4. The first-order chi connectivity index (χ1) is 11.4. The molecule has 0 radical (unpaired) electrons. The minimum Gasteiger partial charge on any atom is -0.249 e. The van der Waals surface area contributed by atoms with Crippen molar-refractivity contribution in [3.63, 3.8) is 0 Å². The Morgan fingerprint density at radius 3 is 2.46 bits per heavy atom. The van der Waals surface area contributed by atoms with Crippen molar-refractivity contribution in [1.29, 1.82) is 0 Å².